The van der Waals surface area contributed by atoms with Crippen LogP contribution in [0.15, 0.2) is 77.7 Å². The van der Waals surface area contributed by atoms with Gasteiger partial charge in [0.15, 0.2) is 0 Å². The highest BCUT2D eigenvalue weighted by Gasteiger charge is 2.32. The maximum atomic E-state index is 13.3. The van der Waals surface area contributed by atoms with Crippen LogP contribution >= 0.6 is 23.2 Å². The molecule has 1 heterocycles. The molecule has 1 aliphatic heterocycles. The summed E-state index contributed by atoms with van der Waals surface area (Å²) in [6, 6.07) is 21.7. The lowest BCUT2D eigenvalue weighted by Gasteiger charge is -2.31. The monoisotopic (exact) mass is 560 g/mol. The second-order valence-electron chi connectivity index (χ2n) is 9.15. The largest absolute Gasteiger partial charge is 0.375 e. The summed E-state index contributed by atoms with van der Waals surface area (Å²) in [5.74, 6) is -0.0873. The second-order valence-corrected chi connectivity index (χ2v) is 11.9. The van der Waals surface area contributed by atoms with E-state index in [1.165, 1.54) is 4.31 Å². The van der Waals surface area contributed by atoms with Gasteiger partial charge in [-0.1, -0.05) is 77.3 Å². The van der Waals surface area contributed by atoms with Gasteiger partial charge in [0.25, 0.3) is 0 Å². The standard InChI is InChI=1S/C28H30Cl2N2O4S/c1-21-7-11-26(12-8-21)37(34,35)31-14-13-28(33)32(16-15-31)25(17-22-5-3-2-4-6-22)20-36-19-23-9-10-24(29)18-27(23)30/h2-12,18,25H,13-17,19-20H2,1H3/t25-/m0/s1. The molecule has 0 aliphatic carbocycles. The van der Waals surface area contributed by atoms with Crippen molar-refractivity contribution in [2.75, 3.05) is 26.2 Å². The van der Waals surface area contributed by atoms with E-state index < -0.39 is 10.0 Å². The lowest BCUT2D eigenvalue weighted by molar-refractivity contribution is -0.134. The molecule has 1 fully saturated rings. The van der Waals surface area contributed by atoms with E-state index >= 15 is 0 Å². The highest BCUT2D eigenvalue weighted by molar-refractivity contribution is 7.89. The molecule has 1 aliphatic rings. The van der Waals surface area contributed by atoms with Crippen molar-refractivity contribution in [2.24, 2.45) is 0 Å². The highest BCUT2D eigenvalue weighted by Crippen LogP contribution is 2.23. The molecule has 0 unspecified atom stereocenters. The number of halogens is 2. The Bertz CT molecular complexity index is 1320. The zero-order valence-corrected chi connectivity index (χ0v) is 23.0. The molecule has 0 N–H and O–H groups in total. The fourth-order valence-corrected chi connectivity index (χ4v) is 6.29. The molecule has 9 heteroatoms. The average molecular weight is 562 g/mol. The number of rotatable bonds is 9. The summed E-state index contributed by atoms with van der Waals surface area (Å²) in [7, 11) is -3.70. The summed E-state index contributed by atoms with van der Waals surface area (Å²) in [5, 5.41) is 1.07. The van der Waals surface area contributed by atoms with Crippen LogP contribution in [0.5, 0.6) is 0 Å². The van der Waals surface area contributed by atoms with E-state index in [1.54, 1.807) is 41.3 Å². The molecule has 6 nitrogen and oxygen atoms in total. The fourth-order valence-electron chi connectivity index (χ4n) is 4.39. The van der Waals surface area contributed by atoms with Gasteiger partial charge in [-0.05, 0) is 48.7 Å². The summed E-state index contributed by atoms with van der Waals surface area (Å²) >= 11 is 12.3. The van der Waals surface area contributed by atoms with E-state index in [0.29, 0.717) is 16.5 Å². The first-order valence-corrected chi connectivity index (χ1v) is 14.4. The predicted octanol–water partition coefficient (Wildman–Crippen LogP) is 5.35. The van der Waals surface area contributed by atoms with Crippen molar-refractivity contribution >= 4 is 39.1 Å². The van der Waals surface area contributed by atoms with Crippen LogP contribution in [0.2, 0.25) is 10.0 Å². The minimum absolute atomic E-state index is 0.0873. The molecule has 3 aromatic carbocycles. The molecule has 0 saturated carbocycles. The Morgan fingerprint density at radius 1 is 0.946 bits per heavy atom. The van der Waals surface area contributed by atoms with Gasteiger partial charge in [0.05, 0.1) is 24.2 Å². The fraction of sp³-hybridized carbons (Fsp3) is 0.321. The Morgan fingerprint density at radius 3 is 2.38 bits per heavy atom. The van der Waals surface area contributed by atoms with E-state index in [9.17, 15) is 13.2 Å². The van der Waals surface area contributed by atoms with E-state index in [1.807, 2.05) is 43.3 Å². The third kappa shape index (κ3) is 7.12. The number of hydrogen-bond donors (Lipinski definition) is 0. The number of ether oxygens (including phenoxy) is 1. The number of amides is 1. The molecule has 3 aromatic rings. The molecule has 4 rings (SSSR count). The number of aryl methyl sites for hydroxylation is 1. The van der Waals surface area contributed by atoms with Crippen molar-refractivity contribution in [2.45, 2.75) is 37.3 Å². The number of sulfonamides is 1. The van der Waals surface area contributed by atoms with Gasteiger partial charge < -0.3 is 9.64 Å². The van der Waals surface area contributed by atoms with Gasteiger partial charge in [-0.15, -0.1) is 0 Å². The zero-order chi connectivity index (χ0) is 26.4. The van der Waals surface area contributed by atoms with E-state index in [-0.39, 0.29) is 56.1 Å². The molecule has 1 amide bonds. The van der Waals surface area contributed by atoms with Gasteiger partial charge in [0, 0.05) is 36.1 Å². The van der Waals surface area contributed by atoms with E-state index in [2.05, 4.69) is 0 Å². The SMILES string of the molecule is Cc1ccc(S(=O)(=O)N2CCC(=O)N([C@H](COCc3ccc(Cl)cc3Cl)Cc3ccccc3)CC2)cc1. The Hall–Kier alpha value is -2.42. The highest BCUT2D eigenvalue weighted by atomic mass is 35.5. The molecule has 196 valence electrons. The van der Waals surface area contributed by atoms with Crippen molar-refractivity contribution in [1.29, 1.82) is 0 Å². The van der Waals surface area contributed by atoms with Crippen LogP contribution in [-0.4, -0.2) is 55.8 Å². The number of carbonyl (C=O) groups is 1. The van der Waals surface area contributed by atoms with E-state index in [4.69, 9.17) is 27.9 Å². The van der Waals surface area contributed by atoms with Crippen LogP contribution in [0.1, 0.15) is 23.1 Å². The maximum absolute atomic E-state index is 13.3. The van der Waals surface area contributed by atoms with Crippen molar-refractivity contribution in [1.82, 2.24) is 9.21 Å². The summed E-state index contributed by atoms with van der Waals surface area (Å²) < 4.78 is 34.0. The molecular formula is C28H30Cl2N2O4S. The van der Waals surface area contributed by atoms with E-state index in [0.717, 1.165) is 16.7 Å². The van der Waals surface area contributed by atoms with Crippen molar-refractivity contribution < 1.29 is 17.9 Å². The zero-order valence-electron chi connectivity index (χ0n) is 20.6. The summed E-state index contributed by atoms with van der Waals surface area (Å²) in [4.78, 5) is 15.2. The van der Waals surface area contributed by atoms with Crippen molar-refractivity contribution in [3.63, 3.8) is 0 Å². The number of nitrogens with zero attached hydrogens (tertiary/aromatic N) is 2. The van der Waals surface area contributed by atoms with Crippen LogP contribution in [0, 0.1) is 6.92 Å². The van der Waals surface area contributed by atoms with Gasteiger partial charge >= 0.3 is 0 Å². The average Bonchev–Trinajstić information content (AvgIpc) is 3.07. The maximum Gasteiger partial charge on any atom is 0.243 e. The molecule has 0 spiro atoms. The third-order valence-corrected chi connectivity index (χ3v) is 8.98. The number of hydrogen-bond acceptors (Lipinski definition) is 4. The second kappa shape index (κ2) is 12.4. The minimum atomic E-state index is -3.70. The minimum Gasteiger partial charge on any atom is -0.375 e. The number of carbonyl (C=O) groups excluding carboxylic acids is 1. The van der Waals surface area contributed by atoms with Gasteiger partial charge in [0.1, 0.15) is 0 Å². The lowest BCUT2D eigenvalue weighted by Crippen LogP contribution is -2.45. The van der Waals surface area contributed by atoms with Gasteiger partial charge in [-0.25, -0.2) is 8.42 Å². The van der Waals surface area contributed by atoms with Crippen LogP contribution in [0.25, 0.3) is 0 Å². The first-order valence-electron chi connectivity index (χ1n) is 12.2. The first-order chi connectivity index (χ1) is 17.7. The van der Waals surface area contributed by atoms with Gasteiger partial charge in [-0.2, -0.15) is 4.31 Å². The Kier molecular flexibility index (Phi) is 9.27. The lowest BCUT2D eigenvalue weighted by atomic mass is 10.0. The van der Waals surface area contributed by atoms with Crippen molar-refractivity contribution in [3.8, 4) is 0 Å². The Labute approximate surface area is 228 Å². The van der Waals surface area contributed by atoms with Gasteiger partial charge in [-0.3, -0.25) is 4.79 Å². The Balaban J connectivity index is 1.49. The number of benzene rings is 3. The molecule has 0 bridgehead atoms. The Morgan fingerprint density at radius 2 is 1.68 bits per heavy atom. The van der Waals surface area contributed by atoms with Gasteiger partial charge in [0.2, 0.25) is 15.9 Å². The molecule has 1 saturated heterocycles. The summed E-state index contributed by atoms with van der Waals surface area (Å²) in [5.41, 5.74) is 2.86. The summed E-state index contributed by atoms with van der Waals surface area (Å²) in [6.45, 7) is 3.11. The van der Waals surface area contributed by atoms with Crippen molar-refractivity contribution in [3.05, 3.63) is 99.5 Å². The third-order valence-electron chi connectivity index (χ3n) is 6.48. The quantitative estimate of drug-likeness (QED) is 0.353. The first kappa shape index (κ1) is 27.6. The van der Waals surface area contributed by atoms with Crippen LogP contribution in [-0.2, 0) is 32.6 Å². The topological polar surface area (TPSA) is 66.9 Å². The normalized spacial score (nSPS) is 16.0. The van der Waals surface area contributed by atoms with Crippen LogP contribution in [0.3, 0.4) is 0 Å². The molecule has 1 atom stereocenters. The molecular weight excluding hydrogens is 531 g/mol. The molecule has 0 aromatic heterocycles. The summed E-state index contributed by atoms with van der Waals surface area (Å²) in [6.07, 6.45) is 0.699. The van der Waals surface area contributed by atoms with Crippen LogP contribution < -0.4 is 0 Å². The predicted molar refractivity (Wildman–Crippen MR) is 146 cm³/mol. The molecule has 37 heavy (non-hydrogen) atoms. The smallest absolute Gasteiger partial charge is 0.243 e. The van der Waals surface area contributed by atoms with Crippen LogP contribution in [0.4, 0.5) is 0 Å². The molecule has 0 radical (unpaired) electrons.